The molecule has 2 heterocycles. The summed E-state index contributed by atoms with van der Waals surface area (Å²) in [7, 11) is 0. The highest BCUT2D eigenvalue weighted by molar-refractivity contribution is 5.92. The molecular formula is C20H19N5O. The number of hydrogen-bond acceptors (Lipinski definition) is 4. The lowest BCUT2D eigenvalue weighted by Gasteiger charge is -2.15. The van der Waals surface area contributed by atoms with E-state index in [9.17, 15) is 4.79 Å². The van der Waals surface area contributed by atoms with Crippen molar-refractivity contribution in [3.63, 3.8) is 0 Å². The normalized spacial score (nSPS) is 12.4. The van der Waals surface area contributed by atoms with Gasteiger partial charge in [-0.1, -0.05) is 42.5 Å². The van der Waals surface area contributed by atoms with Crippen molar-refractivity contribution in [3.05, 3.63) is 71.3 Å². The maximum Gasteiger partial charge on any atom is 0.291 e. The number of fused-ring (bicyclic) bond motifs is 2. The molecule has 0 aliphatic carbocycles. The Morgan fingerprint density at radius 3 is 2.69 bits per heavy atom. The number of carbonyl (C=O) groups is 1. The smallest absolute Gasteiger partial charge is 0.291 e. The largest absolute Gasteiger partial charge is 0.343 e. The highest BCUT2D eigenvalue weighted by Crippen LogP contribution is 2.24. The van der Waals surface area contributed by atoms with Gasteiger partial charge < -0.3 is 5.32 Å². The first-order chi connectivity index (χ1) is 12.5. The van der Waals surface area contributed by atoms with E-state index in [1.54, 1.807) is 4.52 Å². The molecule has 1 amide bonds. The van der Waals surface area contributed by atoms with Crippen LogP contribution in [0.2, 0.25) is 0 Å². The molecule has 2 aromatic carbocycles. The van der Waals surface area contributed by atoms with Crippen LogP contribution in [0.4, 0.5) is 0 Å². The van der Waals surface area contributed by atoms with Crippen molar-refractivity contribution < 1.29 is 4.79 Å². The van der Waals surface area contributed by atoms with Crippen molar-refractivity contribution in [1.29, 1.82) is 0 Å². The van der Waals surface area contributed by atoms with Crippen molar-refractivity contribution >= 4 is 22.5 Å². The van der Waals surface area contributed by atoms with E-state index < -0.39 is 0 Å². The Kier molecular flexibility index (Phi) is 3.88. The topological polar surface area (TPSA) is 72.2 Å². The minimum absolute atomic E-state index is 0.123. The van der Waals surface area contributed by atoms with E-state index in [1.165, 1.54) is 0 Å². The molecule has 0 aliphatic heterocycles. The van der Waals surface area contributed by atoms with Crippen LogP contribution in [0.15, 0.2) is 48.5 Å². The minimum atomic E-state index is -0.312. The second-order valence-electron chi connectivity index (χ2n) is 6.45. The Morgan fingerprint density at radius 1 is 1.08 bits per heavy atom. The summed E-state index contributed by atoms with van der Waals surface area (Å²) >= 11 is 0. The number of benzene rings is 2. The number of aryl methyl sites for hydroxylation is 2. The Labute approximate surface area is 150 Å². The zero-order valence-electron chi connectivity index (χ0n) is 14.9. The van der Waals surface area contributed by atoms with E-state index in [0.29, 0.717) is 5.78 Å². The van der Waals surface area contributed by atoms with Crippen LogP contribution >= 0.6 is 0 Å². The molecule has 0 bridgehead atoms. The van der Waals surface area contributed by atoms with Gasteiger partial charge in [-0.15, -0.1) is 5.10 Å². The first-order valence-corrected chi connectivity index (χ1v) is 8.52. The third kappa shape index (κ3) is 2.79. The molecule has 0 fully saturated rings. The van der Waals surface area contributed by atoms with Crippen molar-refractivity contribution in [1.82, 2.24) is 24.9 Å². The van der Waals surface area contributed by atoms with Crippen LogP contribution in [0.25, 0.3) is 16.6 Å². The molecule has 0 aliphatic rings. The van der Waals surface area contributed by atoms with Crippen LogP contribution in [0.1, 0.15) is 40.5 Å². The Balaban J connectivity index is 1.64. The molecule has 26 heavy (non-hydrogen) atoms. The van der Waals surface area contributed by atoms with Crippen molar-refractivity contribution in [2.75, 3.05) is 0 Å². The number of hydrogen-bond donors (Lipinski definition) is 1. The molecule has 0 radical (unpaired) electrons. The molecule has 1 N–H and O–H groups in total. The van der Waals surface area contributed by atoms with Crippen LogP contribution < -0.4 is 5.32 Å². The summed E-state index contributed by atoms with van der Waals surface area (Å²) in [6.45, 7) is 5.77. The monoisotopic (exact) mass is 345 g/mol. The maximum absolute atomic E-state index is 12.7. The summed E-state index contributed by atoms with van der Waals surface area (Å²) < 4.78 is 1.59. The van der Waals surface area contributed by atoms with Gasteiger partial charge in [0.15, 0.2) is 0 Å². The second kappa shape index (κ2) is 6.22. The van der Waals surface area contributed by atoms with Gasteiger partial charge in [0, 0.05) is 11.4 Å². The zero-order valence-corrected chi connectivity index (χ0v) is 14.9. The molecule has 6 heteroatoms. The predicted molar refractivity (Wildman–Crippen MR) is 100 cm³/mol. The van der Waals surface area contributed by atoms with Crippen molar-refractivity contribution in [2.24, 2.45) is 0 Å². The van der Waals surface area contributed by atoms with Gasteiger partial charge in [-0.25, -0.2) is 9.50 Å². The summed E-state index contributed by atoms with van der Waals surface area (Å²) in [5.41, 5.74) is 2.80. The number of nitrogens with one attached hydrogen (secondary N) is 1. The molecule has 130 valence electrons. The average Bonchev–Trinajstić information content (AvgIpc) is 3.05. The fourth-order valence-corrected chi connectivity index (χ4v) is 3.23. The second-order valence-corrected chi connectivity index (χ2v) is 6.45. The quantitative estimate of drug-likeness (QED) is 0.618. The fraction of sp³-hybridized carbons (Fsp3) is 0.200. The van der Waals surface area contributed by atoms with E-state index in [2.05, 4.69) is 38.6 Å². The molecule has 2 aromatic heterocycles. The van der Waals surface area contributed by atoms with Gasteiger partial charge in [-0.2, -0.15) is 4.98 Å². The molecule has 4 rings (SSSR count). The van der Waals surface area contributed by atoms with Crippen molar-refractivity contribution in [3.8, 4) is 0 Å². The number of amides is 1. The third-order valence-corrected chi connectivity index (χ3v) is 4.46. The van der Waals surface area contributed by atoms with E-state index >= 15 is 0 Å². The van der Waals surface area contributed by atoms with Crippen LogP contribution in [-0.4, -0.2) is 25.5 Å². The molecule has 0 saturated heterocycles. The average molecular weight is 345 g/mol. The number of rotatable bonds is 3. The first kappa shape index (κ1) is 16.2. The summed E-state index contributed by atoms with van der Waals surface area (Å²) in [6.07, 6.45) is 0. The van der Waals surface area contributed by atoms with E-state index in [0.717, 1.165) is 27.7 Å². The Hall–Kier alpha value is -3.28. The van der Waals surface area contributed by atoms with Gasteiger partial charge in [-0.3, -0.25) is 4.79 Å². The number of aromatic nitrogens is 4. The zero-order chi connectivity index (χ0) is 18.3. The first-order valence-electron chi connectivity index (χ1n) is 8.52. The lowest BCUT2D eigenvalue weighted by atomic mass is 10.00. The highest BCUT2D eigenvalue weighted by Gasteiger charge is 2.18. The van der Waals surface area contributed by atoms with E-state index in [1.807, 2.05) is 51.1 Å². The Morgan fingerprint density at radius 2 is 1.85 bits per heavy atom. The summed E-state index contributed by atoms with van der Waals surface area (Å²) in [5, 5.41) is 9.56. The summed E-state index contributed by atoms with van der Waals surface area (Å²) in [4.78, 5) is 21.3. The molecule has 0 spiro atoms. The van der Waals surface area contributed by atoms with Gasteiger partial charge in [0.2, 0.25) is 5.82 Å². The van der Waals surface area contributed by atoms with Gasteiger partial charge >= 0.3 is 0 Å². The molecule has 1 atom stereocenters. The highest BCUT2D eigenvalue weighted by atomic mass is 16.2. The molecule has 0 unspecified atom stereocenters. The standard InChI is InChI=1S/C20H19N5O/c1-12-11-13(2)25-20(21-12)23-18(24-25)19(26)22-14(3)16-10-6-8-15-7-4-5-9-17(15)16/h4-11,14H,1-3H3,(H,22,26)/t14-/m1/s1. The molecule has 0 saturated carbocycles. The predicted octanol–water partition coefficient (Wildman–Crippen LogP) is 3.39. The third-order valence-electron chi connectivity index (χ3n) is 4.46. The molecular weight excluding hydrogens is 326 g/mol. The molecule has 4 aromatic rings. The maximum atomic E-state index is 12.7. The Bertz CT molecular complexity index is 1130. The van der Waals surface area contributed by atoms with Crippen LogP contribution in [0, 0.1) is 13.8 Å². The van der Waals surface area contributed by atoms with E-state index in [-0.39, 0.29) is 17.8 Å². The lowest BCUT2D eigenvalue weighted by molar-refractivity contribution is 0.0930. The fourth-order valence-electron chi connectivity index (χ4n) is 3.23. The SMILES string of the molecule is Cc1cc(C)n2nc(C(=O)N[C@H](C)c3cccc4ccccc34)nc2n1. The van der Waals surface area contributed by atoms with Crippen LogP contribution in [-0.2, 0) is 0 Å². The summed E-state index contributed by atoms with van der Waals surface area (Å²) in [6, 6.07) is 16.0. The summed E-state index contributed by atoms with van der Waals surface area (Å²) in [5.74, 6) is 0.247. The lowest BCUT2D eigenvalue weighted by Crippen LogP contribution is -2.27. The molecule has 6 nitrogen and oxygen atoms in total. The van der Waals surface area contributed by atoms with Gasteiger partial charge in [0.1, 0.15) is 0 Å². The minimum Gasteiger partial charge on any atom is -0.343 e. The van der Waals surface area contributed by atoms with Crippen molar-refractivity contribution in [2.45, 2.75) is 26.8 Å². The van der Waals surface area contributed by atoms with Gasteiger partial charge in [-0.05, 0) is 43.2 Å². The van der Waals surface area contributed by atoms with Gasteiger partial charge in [0.25, 0.3) is 11.7 Å². The van der Waals surface area contributed by atoms with Crippen LogP contribution in [0.3, 0.4) is 0 Å². The van der Waals surface area contributed by atoms with Gasteiger partial charge in [0.05, 0.1) is 6.04 Å². The number of nitrogens with zero attached hydrogens (tertiary/aromatic N) is 4. The number of carbonyl (C=O) groups excluding carboxylic acids is 1. The van der Waals surface area contributed by atoms with Crippen LogP contribution in [0.5, 0.6) is 0 Å². The van der Waals surface area contributed by atoms with E-state index in [4.69, 9.17) is 0 Å².